The van der Waals surface area contributed by atoms with Gasteiger partial charge in [0.05, 0.1) is 13.1 Å². The van der Waals surface area contributed by atoms with Crippen LogP contribution in [0.15, 0.2) is 0 Å². The van der Waals surface area contributed by atoms with Crippen molar-refractivity contribution in [1.82, 2.24) is 20.4 Å². The number of rotatable bonds is 7. The molecule has 0 aromatic carbocycles. The maximum Gasteiger partial charge on any atom is 0.236 e. The summed E-state index contributed by atoms with van der Waals surface area (Å²) in [6, 6.07) is 0.381. The second kappa shape index (κ2) is 12.0. The molecule has 1 saturated heterocycles. The molecule has 0 radical (unpaired) electrons. The fourth-order valence-corrected chi connectivity index (χ4v) is 3.70. The highest BCUT2D eigenvalue weighted by atomic mass is 35.5. The normalized spacial score (nSPS) is 21.5. The molecule has 6 nitrogen and oxygen atoms in total. The molecule has 1 aliphatic heterocycles. The Hall–Kier alpha value is -0.560. The summed E-state index contributed by atoms with van der Waals surface area (Å²) in [5, 5.41) is 6.44. The number of hydrogen-bond donors (Lipinski definition) is 2. The summed E-state index contributed by atoms with van der Waals surface area (Å²) < 4.78 is 0. The SMILES string of the molecule is Cl.Cl.O=C(CN1CCN(C(=O)CNCC2CC2)CC1)NC1CCCCC1. The Morgan fingerprint density at radius 2 is 1.54 bits per heavy atom. The second-order valence-corrected chi connectivity index (χ2v) is 7.63. The average molecular weight is 409 g/mol. The largest absolute Gasteiger partial charge is 0.352 e. The van der Waals surface area contributed by atoms with Crippen LogP contribution in [0.1, 0.15) is 44.9 Å². The molecule has 2 N–H and O–H groups in total. The first-order valence-electron chi connectivity index (χ1n) is 9.71. The monoisotopic (exact) mass is 408 g/mol. The predicted octanol–water partition coefficient (Wildman–Crippen LogP) is 1.42. The van der Waals surface area contributed by atoms with Crippen molar-refractivity contribution in [3.63, 3.8) is 0 Å². The van der Waals surface area contributed by atoms with Crippen molar-refractivity contribution in [2.24, 2.45) is 5.92 Å². The first-order valence-corrected chi connectivity index (χ1v) is 9.71. The molecule has 3 rings (SSSR count). The van der Waals surface area contributed by atoms with E-state index in [0.29, 0.717) is 19.1 Å². The van der Waals surface area contributed by atoms with E-state index in [4.69, 9.17) is 0 Å². The van der Waals surface area contributed by atoms with Gasteiger partial charge in [-0.05, 0) is 38.1 Å². The van der Waals surface area contributed by atoms with E-state index in [-0.39, 0.29) is 36.6 Å². The average Bonchev–Trinajstić information content (AvgIpc) is 3.40. The van der Waals surface area contributed by atoms with Gasteiger partial charge in [-0.1, -0.05) is 19.3 Å². The zero-order valence-electron chi connectivity index (χ0n) is 15.6. The van der Waals surface area contributed by atoms with Crippen LogP contribution < -0.4 is 10.6 Å². The Kier molecular flexibility index (Phi) is 10.8. The molecule has 8 heteroatoms. The molecule has 152 valence electrons. The number of nitrogens with one attached hydrogen (secondary N) is 2. The van der Waals surface area contributed by atoms with Crippen molar-refractivity contribution >= 4 is 36.6 Å². The van der Waals surface area contributed by atoms with Crippen LogP contribution >= 0.6 is 24.8 Å². The van der Waals surface area contributed by atoms with Crippen LogP contribution in [0.4, 0.5) is 0 Å². The fourth-order valence-electron chi connectivity index (χ4n) is 3.70. The first-order chi connectivity index (χ1) is 11.7. The summed E-state index contributed by atoms with van der Waals surface area (Å²) in [5.41, 5.74) is 0. The van der Waals surface area contributed by atoms with E-state index in [1.807, 2.05) is 4.90 Å². The molecule has 2 aliphatic carbocycles. The van der Waals surface area contributed by atoms with Crippen LogP contribution in [0.25, 0.3) is 0 Å². The third-order valence-corrected chi connectivity index (χ3v) is 5.47. The Labute approximate surface area is 169 Å². The maximum atomic E-state index is 12.2. The number of carbonyl (C=O) groups is 2. The number of nitrogens with zero attached hydrogens (tertiary/aromatic N) is 2. The lowest BCUT2D eigenvalue weighted by Crippen LogP contribution is -2.53. The van der Waals surface area contributed by atoms with Crippen LogP contribution in [-0.2, 0) is 9.59 Å². The minimum absolute atomic E-state index is 0. The molecule has 1 heterocycles. The Morgan fingerprint density at radius 1 is 0.885 bits per heavy atom. The van der Waals surface area contributed by atoms with E-state index >= 15 is 0 Å². The summed E-state index contributed by atoms with van der Waals surface area (Å²) in [6.07, 6.45) is 8.65. The molecule has 3 aliphatic rings. The van der Waals surface area contributed by atoms with Gasteiger partial charge >= 0.3 is 0 Å². The van der Waals surface area contributed by atoms with Crippen LogP contribution in [0.2, 0.25) is 0 Å². The van der Waals surface area contributed by atoms with Crippen LogP contribution in [-0.4, -0.2) is 73.5 Å². The quantitative estimate of drug-likeness (QED) is 0.668. The van der Waals surface area contributed by atoms with Gasteiger partial charge in [-0.3, -0.25) is 14.5 Å². The van der Waals surface area contributed by atoms with Crippen molar-refractivity contribution in [3.8, 4) is 0 Å². The molecular weight excluding hydrogens is 375 g/mol. The van der Waals surface area contributed by atoms with Crippen molar-refractivity contribution in [1.29, 1.82) is 0 Å². The van der Waals surface area contributed by atoms with Crippen LogP contribution in [0, 0.1) is 5.92 Å². The van der Waals surface area contributed by atoms with Gasteiger partial charge in [-0.15, -0.1) is 24.8 Å². The second-order valence-electron chi connectivity index (χ2n) is 7.63. The molecule has 0 aromatic rings. The number of amides is 2. The summed E-state index contributed by atoms with van der Waals surface area (Å²) in [5.74, 6) is 1.15. The zero-order chi connectivity index (χ0) is 16.8. The molecule has 0 unspecified atom stereocenters. The molecule has 0 bridgehead atoms. The topological polar surface area (TPSA) is 64.7 Å². The molecule has 0 atom stereocenters. The molecule has 2 amide bonds. The van der Waals surface area contributed by atoms with Crippen molar-refractivity contribution in [2.75, 3.05) is 45.8 Å². The highest BCUT2D eigenvalue weighted by molar-refractivity contribution is 5.85. The Bertz CT molecular complexity index is 435. The van der Waals surface area contributed by atoms with E-state index in [1.165, 1.54) is 32.1 Å². The Morgan fingerprint density at radius 3 is 2.15 bits per heavy atom. The van der Waals surface area contributed by atoms with Gasteiger partial charge in [0.25, 0.3) is 0 Å². The van der Waals surface area contributed by atoms with Crippen molar-refractivity contribution in [2.45, 2.75) is 51.0 Å². The third-order valence-electron chi connectivity index (χ3n) is 5.47. The number of halogens is 2. The molecular formula is C18H34Cl2N4O2. The van der Waals surface area contributed by atoms with Gasteiger partial charge in [0, 0.05) is 32.2 Å². The standard InChI is InChI=1S/C18H32N4O2.2ClH/c23-17(20-16-4-2-1-3-5-16)14-21-8-10-22(11-9-21)18(24)13-19-12-15-6-7-15;;/h15-16,19H,1-14H2,(H,20,23);2*1H. The number of hydrogen-bond acceptors (Lipinski definition) is 4. The van der Waals surface area contributed by atoms with Gasteiger partial charge in [0.1, 0.15) is 0 Å². The Balaban J connectivity index is 0.00000169. The van der Waals surface area contributed by atoms with Gasteiger partial charge in [-0.25, -0.2) is 0 Å². The highest BCUT2D eigenvalue weighted by Gasteiger charge is 2.24. The minimum atomic E-state index is 0. The summed E-state index contributed by atoms with van der Waals surface area (Å²) in [6.45, 7) is 4.98. The minimum Gasteiger partial charge on any atom is -0.352 e. The lowest BCUT2D eigenvalue weighted by molar-refractivity contribution is -0.132. The molecule has 0 aromatic heterocycles. The van der Waals surface area contributed by atoms with E-state index in [2.05, 4.69) is 15.5 Å². The number of carbonyl (C=O) groups excluding carboxylic acids is 2. The van der Waals surface area contributed by atoms with Crippen LogP contribution in [0.5, 0.6) is 0 Å². The first kappa shape index (κ1) is 23.5. The van der Waals surface area contributed by atoms with Gasteiger partial charge in [0.15, 0.2) is 0 Å². The molecule has 26 heavy (non-hydrogen) atoms. The highest BCUT2D eigenvalue weighted by Crippen LogP contribution is 2.27. The van der Waals surface area contributed by atoms with E-state index in [0.717, 1.165) is 51.5 Å². The van der Waals surface area contributed by atoms with Crippen molar-refractivity contribution < 1.29 is 9.59 Å². The van der Waals surface area contributed by atoms with E-state index in [1.54, 1.807) is 0 Å². The summed E-state index contributed by atoms with van der Waals surface area (Å²) >= 11 is 0. The molecule has 0 spiro atoms. The smallest absolute Gasteiger partial charge is 0.236 e. The zero-order valence-corrected chi connectivity index (χ0v) is 17.2. The third kappa shape index (κ3) is 7.99. The molecule has 3 fully saturated rings. The molecule has 2 saturated carbocycles. The van der Waals surface area contributed by atoms with Crippen molar-refractivity contribution in [3.05, 3.63) is 0 Å². The van der Waals surface area contributed by atoms with E-state index < -0.39 is 0 Å². The fraction of sp³-hybridized carbons (Fsp3) is 0.889. The van der Waals surface area contributed by atoms with Gasteiger partial charge < -0.3 is 15.5 Å². The summed E-state index contributed by atoms with van der Waals surface area (Å²) in [7, 11) is 0. The predicted molar refractivity (Wildman–Crippen MR) is 108 cm³/mol. The lowest BCUT2D eigenvalue weighted by atomic mass is 9.95. The summed E-state index contributed by atoms with van der Waals surface area (Å²) in [4.78, 5) is 28.4. The lowest BCUT2D eigenvalue weighted by Gasteiger charge is -2.34. The van der Waals surface area contributed by atoms with Gasteiger partial charge in [-0.2, -0.15) is 0 Å². The maximum absolute atomic E-state index is 12.2. The van der Waals surface area contributed by atoms with Gasteiger partial charge in [0.2, 0.25) is 11.8 Å². The van der Waals surface area contributed by atoms with Crippen LogP contribution in [0.3, 0.4) is 0 Å². The number of piperazine rings is 1. The van der Waals surface area contributed by atoms with E-state index in [9.17, 15) is 9.59 Å².